The first-order chi connectivity index (χ1) is 10.7. The molecule has 2 N–H and O–H groups in total. The highest BCUT2D eigenvalue weighted by Gasteiger charge is 2.69. The van der Waals surface area contributed by atoms with Gasteiger partial charge < -0.3 is 19.7 Å². The number of carbonyl (C=O) groups excluding carboxylic acids is 1. The number of esters is 1. The maximum atomic E-state index is 12.5. The average Bonchev–Trinajstić information content (AvgIpc) is 2.46. The average molecular weight is 370 g/mol. The fourth-order valence-electron chi connectivity index (χ4n) is 1.58. The Bertz CT molecular complexity index is 395. The van der Waals surface area contributed by atoms with Crippen LogP contribution in [0.15, 0.2) is 0 Å². The lowest BCUT2D eigenvalue weighted by atomic mass is 9.89. The maximum absolute atomic E-state index is 12.5. The van der Waals surface area contributed by atoms with Gasteiger partial charge >= 0.3 is 18.3 Å². The minimum atomic E-state index is -5.91. The van der Waals surface area contributed by atoms with Gasteiger partial charge in [0.15, 0.2) is 0 Å². The highest BCUT2D eigenvalue weighted by Crippen LogP contribution is 2.45. The van der Waals surface area contributed by atoms with E-state index in [1.54, 1.807) is 6.92 Å². The molecule has 0 spiro atoms. The molecule has 0 heterocycles. The lowest BCUT2D eigenvalue weighted by Gasteiger charge is -2.32. The van der Waals surface area contributed by atoms with Crippen LogP contribution in [0.5, 0.6) is 0 Å². The summed E-state index contributed by atoms with van der Waals surface area (Å²) in [5.41, 5.74) is -6.19. The summed E-state index contributed by atoms with van der Waals surface area (Å²) in [7, 11) is 0. The molecule has 24 heavy (non-hydrogen) atoms. The summed E-state index contributed by atoms with van der Waals surface area (Å²) >= 11 is 0. The summed E-state index contributed by atoms with van der Waals surface area (Å²) < 4.78 is 84.3. The molecule has 0 aromatic carbocycles. The van der Waals surface area contributed by atoms with E-state index in [2.05, 4.69) is 4.74 Å². The fraction of sp³-hybridized carbons (Fsp3) is 0.923. The van der Waals surface area contributed by atoms with E-state index >= 15 is 0 Å². The molecule has 0 aliphatic heterocycles. The van der Waals surface area contributed by atoms with Crippen LogP contribution in [0.2, 0.25) is 0 Å². The Labute approximate surface area is 134 Å². The molecule has 11 heteroatoms. The zero-order valence-electron chi connectivity index (χ0n) is 13.1. The van der Waals surface area contributed by atoms with Crippen molar-refractivity contribution in [2.24, 2.45) is 5.41 Å². The van der Waals surface area contributed by atoms with E-state index in [0.29, 0.717) is 0 Å². The molecule has 1 unspecified atom stereocenters. The van der Waals surface area contributed by atoms with Crippen molar-refractivity contribution in [3.05, 3.63) is 0 Å². The number of carbonyl (C=O) groups is 1. The highest BCUT2D eigenvalue weighted by molar-refractivity contribution is 5.76. The summed E-state index contributed by atoms with van der Waals surface area (Å²) in [6.45, 7) is 0.600. The van der Waals surface area contributed by atoms with Crippen molar-refractivity contribution in [3.8, 4) is 0 Å². The van der Waals surface area contributed by atoms with Crippen LogP contribution < -0.4 is 0 Å². The Morgan fingerprint density at radius 3 is 1.92 bits per heavy atom. The number of aliphatic hydroxyl groups excluding tert-OH is 1. The molecule has 0 aromatic heterocycles. The van der Waals surface area contributed by atoms with Gasteiger partial charge in [-0.25, -0.2) is 0 Å². The third-order valence-electron chi connectivity index (χ3n) is 3.56. The van der Waals surface area contributed by atoms with Crippen LogP contribution in [-0.4, -0.2) is 60.6 Å². The van der Waals surface area contributed by atoms with Gasteiger partial charge in [-0.15, -0.1) is 0 Å². The van der Waals surface area contributed by atoms with E-state index in [0.717, 1.165) is 0 Å². The lowest BCUT2D eigenvalue weighted by molar-refractivity contribution is -0.371. The van der Waals surface area contributed by atoms with Crippen molar-refractivity contribution in [1.82, 2.24) is 0 Å². The third-order valence-corrected chi connectivity index (χ3v) is 3.56. The van der Waals surface area contributed by atoms with Gasteiger partial charge in [-0.1, -0.05) is 6.92 Å². The minimum absolute atomic E-state index is 0.139. The number of ether oxygens (including phenoxy) is 2. The van der Waals surface area contributed by atoms with E-state index < -0.39 is 55.6 Å². The molecule has 0 amide bonds. The maximum Gasteiger partial charge on any atom is 0.426 e. The zero-order valence-corrected chi connectivity index (χ0v) is 13.1. The molecule has 0 fully saturated rings. The van der Waals surface area contributed by atoms with Gasteiger partial charge in [0, 0.05) is 6.42 Å². The molecule has 0 aliphatic rings. The number of hydrogen-bond donors (Lipinski definition) is 2. The van der Waals surface area contributed by atoms with E-state index in [-0.39, 0.29) is 13.0 Å². The standard InChI is InChI=1S/C13H20F6O5/c1-3-10(2,9(21)24-7-5-20)8-23-6-4-11(22,12(14,15)16)13(17,18)19/h20,22H,3-8H2,1-2H3. The van der Waals surface area contributed by atoms with Crippen LogP contribution in [-0.2, 0) is 14.3 Å². The Morgan fingerprint density at radius 2 is 1.54 bits per heavy atom. The molecule has 144 valence electrons. The molecule has 0 saturated heterocycles. The van der Waals surface area contributed by atoms with Gasteiger partial charge in [0.2, 0.25) is 0 Å². The highest BCUT2D eigenvalue weighted by atomic mass is 19.4. The van der Waals surface area contributed by atoms with Crippen LogP contribution >= 0.6 is 0 Å². The summed E-state index contributed by atoms with van der Waals surface area (Å²) in [4.78, 5) is 11.7. The van der Waals surface area contributed by atoms with E-state index in [1.807, 2.05) is 0 Å². The van der Waals surface area contributed by atoms with Crippen molar-refractivity contribution in [2.75, 3.05) is 26.4 Å². The van der Waals surface area contributed by atoms with Crippen molar-refractivity contribution >= 4 is 5.97 Å². The predicted octanol–water partition coefficient (Wildman–Crippen LogP) is 2.20. The quantitative estimate of drug-likeness (QED) is 0.370. The topological polar surface area (TPSA) is 76.0 Å². The Kier molecular flexibility index (Phi) is 7.97. The molecule has 0 aromatic rings. The Hall–Kier alpha value is -1.07. The van der Waals surface area contributed by atoms with Crippen LogP contribution in [0.3, 0.4) is 0 Å². The SMILES string of the molecule is CCC(C)(COCCC(O)(C(F)(F)F)C(F)(F)F)C(=O)OCCO. The molecular formula is C13H20F6O5. The van der Waals surface area contributed by atoms with Crippen molar-refractivity contribution in [1.29, 1.82) is 0 Å². The van der Waals surface area contributed by atoms with Gasteiger partial charge in [0.25, 0.3) is 5.60 Å². The van der Waals surface area contributed by atoms with Gasteiger partial charge in [-0.05, 0) is 13.3 Å². The molecule has 1 atom stereocenters. The number of rotatable bonds is 9. The second-order valence-corrected chi connectivity index (χ2v) is 5.43. The second-order valence-electron chi connectivity index (χ2n) is 5.43. The molecular weight excluding hydrogens is 350 g/mol. The minimum Gasteiger partial charge on any atom is -0.463 e. The number of hydrogen-bond acceptors (Lipinski definition) is 5. The second kappa shape index (κ2) is 8.34. The van der Waals surface area contributed by atoms with Crippen LogP contribution in [0, 0.1) is 5.41 Å². The lowest BCUT2D eigenvalue weighted by Crippen LogP contribution is -2.57. The smallest absolute Gasteiger partial charge is 0.426 e. The summed E-state index contributed by atoms with van der Waals surface area (Å²) in [6.07, 6.45) is -13.4. The number of alkyl halides is 6. The number of halogens is 6. The predicted molar refractivity (Wildman–Crippen MR) is 68.9 cm³/mol. The van der Waals surface area contributed by atoms with Gasteiger partial charge in [0.05, 0.1) is 25.2 Å². The van der Waals surface area contributed by atoms with Gasteiger partial charge in [-0.2, -0.15) is 26.3 Å². The van der Waals surface area contributed by atoms with E-state index in [4.69, 9.17) is 14.9 Å². The Morgan fingerprint density at radius 1 is 1.04 bits per heavy atom. The van der Waals surface area contributed by atoms with Gasteiger partial charge in [-0.3, -0.25) is 4.79 Å². The third kappa shape index (κ3) is 5.49. The first kappa shape index (κ1) is 22.9. The Balaban J connectivity index is 4.76. The molecule has 0 saturated carbocycles. The first-order valence-electron chi connectivity index (χ1n) is 6.97. The van der Waals surface area contributed by atoms with Crippen molar-refractivity contribution < 1.29 is 50.8 Å². The first-order valence-corrected chi connectivity index (χ1v) is 6.97. The summed E-state index contributed by atoms with van der Waals surface area (Å²) in [5, 5.41) is 17.5. The van der Waals surface area contributed by atoms with Crippen molar-refractivity contribution in [2.45, 2.75) is 44.6 Å². The molecule has 5 nitrogen and oxygen atoms in total. The largest absolute Gasteiger partial charge is 0.463 e. The molecule has 0 bridgehead atoms. The molecule has 0 rings (SSSR count). The fourth-order valence-corrected chi connectivity index (χ4v) is 1.58. The monoisotopic (exact) mass is 370 g/mol. The zero-order chi connectivity index (χ0) is 19.2. The van der Waals surface area contributed by atoms with E-state index in [1.165, 1.54) is 6.92 Å². The molecule has 0 radical (unpaired) electrons. The van der Waals surface area contributed by atoms with Crippen molar-refractivity contribution in [3.63, 3.8) is 0 Å². The van der Waals surface area contributed by atoms with Crippen LogP contribution in [0.25, 0.3) is 0 Å². The normalized spacial score (nSPS) is 15.9. The van der Waals surface area contributed by atoms with Gasteiger partial charge in [0.1, 0.15) is 6.61 Å². The van der Waals surface area contributed by atoms with E-state index in [9.17, 15) is 31.1 Å². The summed E-state index contributed by atoms with van der Waals surface area (Å²) in [5.74, 6) is -0.805. The van der Waals surface area contributed by atoms with Crippen LogP contribution in [0.4, 0.5) is 26.3 Å². The molecule has 0 aliphatic carbocycles. The van der Waals surface area contributed by atoms with Crippen LogP contribution in [0.1, 0.15) is 26.7 Å². The number of aliphatic hydroxyl groups is 2. The summed E-state index contributed by atoms with van der Waals surface area (Å²) in [6, 6.07) is 0.